The zero-order valence-electron chi connectivity index (χ0n) is 8.77. The molecule has 0 radical (unpaired) electrons. The maximum atomic E-state index is 6.17. The number of nitrogens with two attached hydrogens (primary N) is 1. The predicted octanol–water partition coefficient (Wildman–Crippen LogP) is 2.44. The van der Waals surface area contributed by atoms with Gasteiger partial charge in [0.1, 0.15) is 5.75 Å². The fraction of sp³-hybridized carbons (Fsp3) is 0.182. The van der Waals surface area contributed by atoms with E-state index in [0.29, 0.717) is 28.8 Å². The summed E-state index contributed by atoms with van der Waals surface area (Å²) >= 11 is 6.17. The van der Waals surface area contributed by atoms with E-state index in [1.807, 2.05) is 6.07 Å². The molecule has 6 heteroatoms. The second-order valence-electron chi connectivity index (χ2n) is 3.63. The lowest BCUT2D eigenvalue weighted by Gasteiger charge is -2.20. The number of nitrogen functional groups attached to an aromatic ring is 1. The molecule has 88 valence electrons. The molecule has 0 unspecified atom stereocenters. The van der Waals surface area contributed by atoms with Crippen molar-refractivity contribution in [3.05, 3.63) is 28.8 Å². The van der Waals surface area contributed by atoms with E-state index in [1.54, 1.807) is 12.1 Å². The molecule has 0 saturated carbocycles. The third-order valence-corrected chi connectivity index (χ3v) is 2.85. The van der Waals surface area contributed by atoms with Crippen molar-refractivity contribution in [1.29, 1.82) is 0 Å². The van der Waals surface area contributed by atoms with Crippen molar-refractivity contribution in [2.24, 2.45) is 0 Å². The van der Waals surface area contributed by atoms with Crippen LogP contribution in [0.3, 0.4) is 0 Å². The summed E-state index contributed by atoms with van der Waals surface area (Å²) in [5.74, 6) is 1.57. The zero-order valence-corrected chi connectivity index (χ0v) is 9.53. The number of nitrogens with zero attached hydrogens (tertiary/aromatic N) is 1. The van der Waals surface area contributed by atoms with Gasteiger partial charge < -0.3 is 19.7 Å². The quantitative estimate of drug-likeness (QED) is 0.844. The van der Waals surface area contributed by atoms with E-state index in [1.165, 1.54) is 0 Å². The highest BCUT2D eigenvalue weighted by Gasteiger charge is 2.21. The first-order chi connectivity index (χ1) is 8.25. The normalized spacial score (nSPS) is 14.2. The number of fused-ring (bicyclic) bond motifs is 1. The molecule has 2 N–H and O–H groups in total. The van der Waals surface area contributed by atoms with Gasteiger partial charge in [0.25, 0.3) is 0 Å². The summed E-state index contributed by atoms with van der Waals surface area (Å²) in [7, 11) is 0. The molecule has 0 fully saturated rings. The molecule has 1 aliphatic heterocycles. The monoisotopic (exact) mass is 252 g/mol. The van der Waals surface area contributed by atoms with Crippen LogP contribution in [0.2, 0.25) is 5.02 Å². The first-order valence-corrected chi connectivity index (χ1v) is 5.38. The first kappa shape index (κ1) is 10.4. The maximum absolute atomic E-state index is 6.17. The predicted molar refractivity (Wildman–Crippen MR) is 61.6 cm³/mol. The molecular formula is C11H9ClN2O3. The summed E-state index contributed by atoms with van der Waals surface area (Å²) in [6.45, 7) is 0.665. The van der Waals surface area contributed by atoms with Gasteiger partial charge in [-0.05, 0) is 12.1 Å². The van der Waals surface area contributed by atoms with Crippen LogP contribution < -0.4 is 10.5 Å². The number of hydrogen-bond acceptors (Lipinski definition) is 5. The van der Waals surface area contributed by atoms with Gasteiger partial charge in [-0.25, -0.2) is 0 Å². The molecule has 1 aromatic carbocycles. The largest absolute Gasteiger partial charge is 0.467 e. The van der Waals surface area contributed by atoms with Gasteiger partial charge in [0, 0.05) is 17.2 Å². The van der Waals surface area contributed by atoms with Crippen LogP contribution in [0.5, 0.6) is 5.75 Å². The van der Waals surface area contributed by atoms with Crippen molar-refractivity contribution in [3.63, 3.8) is 0 Å². The number of benzene rings is 1. The Morgan fingerprint density at radius 3 is 3.00 bits per heavy atom. The molecule has 1 aliphatic rings. The Balaban J connectivity index is 2.20. The molecule has 0 spiro atoms. The number of rotatable bonds is 1. The topological polar surface area (TPSA) is 70.5 Å². The lowest BCUT2D eigenvalue weighted by Crippen LogP contribution is -2.12. The lowest BCUT2D eigenvalue weighted by molar-refractivity contribution is -0.0161. The molecular weight excluding hydrogens is 244 g/mol. The highest BCUT2D eigenvalue weighted by molar-refractivity contribution is 6.33. The second-order valence-corrected chi connectivity index (χ2v) is 4.03. The van der Waals surface area contributed by atoms with E-state index in [-0.39, 0.29) is 6.79 Å². The number of anilines is 1. The van der Waals surface area contributed by atoms with Crippen LogP contribution >= 0.6 is 11.6 Å². The molecule has 0 aliphatic carbocycles. The number of halogens is 1. The maximum Gasteiger partial charge on any atom is 0.189 e. The highest BCUT2D eigenvalue weighted by Crippen LogP contribution is 2.39. The van der Waals surface area contributed by atoms with Gasteiger partial charge in [-0.2, -0.15) is 0 Å². The molecule has 2 heterocycles. The van der Waals surface area contributed by atoms with Gasteiger partial charge in [-0.1, -0.05) is 16.8 Å². The average Bonchev–Trinajstić information content (AvgIpc) is 2.75. The smallest absolute Gasteiger partial charge is 0.189 e. The SMILES string of the molecule is Nc1cc(-c2c(Cl)ccc3c2COCO3)on1. The van der Waals surface area contributed by atoms with Gasteiger partial charge in [0.05, 0.1) is 11.6 Å². The van der Waals surface area contributed by atoms with Crippen molar-refractivity contribution < 1.29 is 14.0 Å². The summed E-state index contributed by atoms with van der Waals surface area (Å²) in [6.07, 6.45) is 0. The van der Waals surface area contributed by atoms with E-state index in [0.717, 1.165) is 11.3 Å². The van der Waals surface area contributed by atoms with Crippen LogP contribution in [0.25, 0.3) is 11.3 Å². The molecule has 0 bridgehead atoms. The summed E-state index contributed by atoms with van der Waals surface area (Å²) in [5, 5.41) is 4.20. The van der Waals surface area contributed by atoms with Crippen LogP contribution in [0.4, 0.5) is 5.82 Å². The minimum absolute atomic E-state index is 0.243. The fourth-order valence-electron chi connectivity index (χ4n) is 1.80. The van der Waals surface area contributed by atoms with E-state index in [4.69, 9.17) is 31.3 Å². The first-order valence-electron chi connectivity index (χ1n) is 5.00. The summed E-state index contributed by atoms with van der Waals surface area (Å²) in [5.41, 5.74) is 7.09. The molecule has 3 rings (SSSR count). The van der Waals surface area contributed by atoms with Crippen LogP contribution in [0, 0.1) is 0 Å². The van der Waals surface area contributed by atoms with E-state index >= 15 is 0 Å². The van der Waals surface area contributed by atoms with E-state index < -0.39 is 0 Å². The Hall–Kier alpha value is -1.72. The molecule has 0 amide bonds. The van der Waals surface area contributed by atoms with E-state index in [2.05, 4.69) is 5.16 Å². The summed E-state index contributed by atoms with van der Waals surface area (Å²) < 4.78 is 15.7. The molecule has 2 aromatic rings. The van der Waals surface area contributed by atoms with Gasteiger partial charge in [0.15, 0.2) is 18.4 Å². The second kappa shape index (κ2) is 3.94. The van der Waals surface area contributed by atoms with Crippen LogP contribution in [-0.4, -0.2) is 11.9 Å². The summed E-state index contributed by atoms with van der Waals surface area (Å²) in [4.78, 5) is 0. The van der Waals surface area contributed by atoms with Crippen molar-refractivity contribution in [3.8, 4) is 17.1 Å². The Labute approximate surface area is 102 Å². The summed E-state index contributed by atoms with van der Waals surface area (Å²) in [6, 6.07) is 5.18. The third-order valence-electron chi connectivity index (χ3n) is 2.54. The highest BCUT2D eigenvalue weighted by atomic mass is 35.5. The van der Waals surface area contributed by atoms with Gasteiger partial charge in [-0.3, -0.25) is 0 Å². The van der Waals surface area contributed by atoms with Gasteiger partial charge in [-0.15, -0.1) is 0 Å². The molecule has 0 saturated heterocycles. The fourth-order valence-corrected chi connectivity index (χ4v) is 2.07. The average molecular weight is 253 g/mol. The molecule has 0 atom stereocenters. The van der Waals surface area contributed by atoms with Crippen molar-refractivity contribution in [2.45, 2.75) is 6.61 Å². The zero-order chi connectivity index (χ0) is 11.8. The number of hydrogen-bond donors (Lipinski definition) is 1. The Morgan fingerprint density at radius 1 is 1.35 bits per heavy atom. The third kappa shape index (κ3) is 1.73. The van der Waals surface area contributed by atoms with Crippen molar-refractivity contribution in [2.75, 3.05) is 12.5 Å². The number of ether oxygens (including phenoxy) is 2. The Morgan fingerprint density at radius 2 is 2.24 bits per heavy atom. The van der Waals surface area contributed by atoms with Crippen molar-refractivity contribution in [1.82, 2.24) is 5.16 Å². The van der Waals surface area contributed by atoms with Gasteiger partial charge in [0.2, 0.25) is 0 Å². The lowest BCUT2D eigenvalue weighted by atomic mass is 10.0. The Bertz CT molecular complexity index is 568. The van der Waals surface area contributed by atoms with Crippen LogP contribution in [-0.2, 0) is 11.3 Å². The van der Waals surface area contributed by atoms with Crippen LogP contribution in [0.1, 0.15) is 5.56 Å². The van der Waals surface area contributed by atoms with Gasteiger partial charge >= 0.3 is 0 Å². The molecule has 1 aromatic heterocycles. The standard InChI is InChI=1S/C11H9ClN2O3/c12-7-1-2-8-6(4-15-5-16-8)11(7)9-3-10(13)14-17-9/h1-3H,4-5H2,(H2,13,14). The molecule has 17 heavy (non-hydrogen) atoms. The van der Waals surface area contributed by atoms with Crippen molar-refractivity contribution >= 4 is 17.4 Å². The minimum Gasteiger partial charge on any atom is -0.467 e. The minimum atomic E-state index is 0.243. The Kier molecular flexibility index (Phi) is 2.42. The van der Waals surface area contributed by atoms with E-state index in [9.17, 15) is 0 Å². The molecule has 5 nitrogen and oxygen atoms in total. The van der Waals surface area contributed by atoms with Crippen LogP contribution in [0.15, 0.2) is 22.7 Å². The number of aromatic nitrogens is 1.